The summed E-state index contributed by atoms with van der Waals surface area (Å²) in [7, 11) is 0. The molecule has 2 bridgehead atoms. The highest BCUT2D eigenvalue weighted by atomic mass is 16.1. The molecule has 3 atom stereocenters. The fraction of sp³-hybridized carbons (Fsp3) is 0.500. The maximum atomic E-state index is 11.2. The van der Waals surface area contributed by atoms with E-state index in [0.717, 1.165) is 28.6 Å². The van der Waals surface area contributed by atoms with Gasteiger partial charge in [0.1, 0.15) is 0 Å². The van der Waals surface area contributed by atoms with Crippen molar-refractivity contribution in [1.29, 1.82) is 0 Å². The Balaban J connectivity index is 1.61. The van der Waals surface area contributed by atoms with Crippen molar-refractivity contribution >= 4 is 16.7 Å². The van der Waals surface area contributed by atoms with E-state index >= 15 is 0 Å². The summed E-state index contributed by atoms with van der Waals surface area (Å²) in [5.74, 6) is 1.80. The second kappa shape index (κ2) is 3.64. The van der Waals surface area contributed by atoms with E-state index in [-0.39, 0.29) is 5.69 Å². The molecule has 2 aliphatic rings. The first-order chi connectivity index (χ1) is 8.78. The zero-order valence-electron chi connectivity index (χ0n) is 10.2. The molecule has 2 saturated carbocycles. The van der Waals surface area contributed by atoms with Crippen molar-refractivity contribution in [3.8, 4) is 0 Å². The molecule has 1 aromatic heterocycles. The number of aromatic nitrogens is 2. The average molecular weight is 243 g/mol. The van der Waals surface area contributed by atoms with E-state index in [1.54, 1.807) is 0 Å². The van der Waals surface area contributed by atoms with Crippen molar-refractivity contribution in [2.45, 2.75) is 31.7 Å². The topological polar surface area (TPSA) is 60.7 Å². The predicted octanol–water partition coefficient (Wildman–Crippen LogP) is 2.46. The Kier molecular flexibility index (Phi) is 2.07. The van der Waals surface area contributed by atoms with Gasteiger partial charge in [0.15, 0.2) is 0 Å². The summed E-state index contributed by atoms with van der Waals surface area (Å²) in [6, 6.07) is 6.67. The number of fused-ring (bicyclic) bond motifs is 3. The van der Waals surface area contributed by atoms with Crippen LogP contribution in [0.1, 0.15) is 25.7 Å². The summed E-state index contributed by atoms with van der Waals surface area (Å²) in [4.78, 5) is 16.8. The average Bonchev–Trinajstić information content (AvgIpc) is 3.01. The largest absolute Gasteiger partial charge is 0.382 e. The van der Waals surface area contributed by atoms with Gasteiger partial charge in [-0.25, -0.2) is 4.79 Å². The van der Waals surface area contributed by atoms with Crippen LogP contribution in [-0.4, -0.2) is 16.0 Å². The van der Waals surface area contributed by atoms with Gasteiger partial charge in [-0.3, -0.25) is 0 Å². The minimum atomic E-state index is -0.137. The van der Waals surface area contributed by atoms with Gasteiger partial charge in [-0.05, 0) is 49.3 Å². The van der Waals surface area contributed by atoms with Crippen LogP contribution in [0.15, 0.2) is 23.0 Å². The minimum Gasteiger partial charge on any atom is -0.382 e. The predicted molar refractivity (Wildman–Crippen MR) is 71.8 cm³/mol. The Morgan fingerprint density at radius 2 is 2.00 bits per heavy atom. The van der Waals surface area contributed by atoms with Gasteiger partial charge in [0.05, 0.1) is 11.0 Å². The molecule has 1 heterocycles. The third kappa shape index (κ3) is 1.55. The third-order valence-electron chi connectivity index (χ3n) is 4.61. The van der Waals surface area contributed by atoms with Gasteiger partial charge < -0.3 is 15.3 Å². The first-order valence-corrected chi connectivity index (χ1v) is 6.76. The standard InChI is InChI=1S/C14H17N3O/c18-14-16-11-4-3-10(7-13(11)17-14)15-12-6-8-1-2-9(12)5-8/h3-4,7-9,12,15H,1-2,5-6H2,(H2,16,17,18). The number of aromatic amines is 2. The molecule has 0 spiro atoms. The fourth-order valence-electron chi connectivity index (χ4n) is 3.76. The molecule has 18 heavy (non-hydrogen) atoms. The highest BCUT2D eigenvalue weighted by Crippen LogP contribution is 2.45. The van der Waals surface area contributed by atoms with Crippen molar-refractivity contribution in [2.24, 2.45) is 11.8 Å². The number of H-pyrrole nitrogens is 2. The Labute approximate surface area is 105 Å². The van der Waals surface area contributed by atoms with Crippen LogP contribution in [0.25, 0.3) is 11.0 Å². The van der Waals surface area contributed by atoms with Gasteiger partial charge in [0, 0.05) is 11.7 Å². The number of hydrogen-bond donors (Lipinski definition) is 3. The lowest BCUT2D eigenvalue weighted by atomic mass is 9.95. The van der Waals surface area contributed by atoms with Crippen molar-refractivity contribution in [1.82, 2.24) is 9.97 Å². The summed E-state index contributed by atoms with van der Waals surface area (Å²) in [5, 5.41) is 3.64. The summed E-state index contributed by atoms with van der Waals surface area (Å²) in [6.45, 7) is 0. The maximum absolute atomic E-state index is 11.2. The molecule has 0 aliphatic heterocycles. The molecule has 3 unspecified atom stereocenters. The first kappa shape index (κ1) is 10.2. The minimum absolute atomic E-state index is 0.137. The molecule has 3 N–H and O–H groups in total. The molecule has 0 radical (unpaired) electrons. The molecule has 94 valence electrons. The number of benzene rings is 1. The summed E-state index contributed by atoms with van der Waals surface area (Å²) in [6.07, 6.45) is 5.52. The van der Waals surface area contributed by atoms with E-state index < -0.39 is 0 Å². The van der Waals surface area contributed by atoms with Crippen molar-refractivity contribution in [2.75, 3.05) is 5.32 Å². The van der Waals surface area contributed by atoms with E-state index in [1.807, 2.05) is 12.1 Å². The van der Waals surface area contributed by atoms with Crippen LogP contribution in [0, 0.1) is 11.8 Å². The fourth-order valence-corrected chi connectivity index (χ4v) is 3.76. The Morgan fingerprint density at radius 3 is 2.78 bits per heavy atom. The van der Waals surface area contributed by atoms with E-state index in [2.05, 4.69) is 21.4 Å². The quantitative estimate of drug-likeness (QED) is 0.758. The lowest BCUT2D eigenvalue weighted by Crippen LogP contribution is -2.25. The Morgan fingerprint density at radius 1 is 1.11 bits per heavy atom. The first-order valence-electron chi connectivity index (χ1n) is 6.76. The number of rotatable bonds is 2. The normalized spacial score (nSPS) is 30.1. The monoisotopic (exact) mass is 243 g/mol. The van der Waals surface area contributed by atoms with Crippen LogP contribution >= 0.6 is 0 Å². The van der Waals surface area contributed by atoms with Crippen molar-refractivity contribution in [3.63, 3.8) is 0 Å². The van der Waals surface area contributed by atoms with Gasteiger partial charge in [-0.1, -0.05) is 6.42 Å². The Bertz CT molecular complexity index is 642. The van der Waals surface area contributed by atoms with Gasteiger partial charge >= 0.3 is 5.69 Å². The molecule has 0 saturated heterocycles. The van der Waals surface area contributed by atoms with Crippen molar-refractivity contribution in [3.05, 3.63) is 28.7 Å². The van der Waals surface area contributed by atoms with Gasteiger partial charge in [-0.2, -0.15) is 0 Å². The van der Waals surface area contributed by atoms with Crippen molar-refractivity contribution < 1.29 is 0 Å². The highest BCUT2D eigenvalue weighted by Gasteiger charge is 2.39. The van der Waals surface area contributed by atoms with Crippen LogP contribution in [0.2, 0.25) is 0 Å². The maximum Gasteiger partial charge on any atom is 0.323 e. The highest BCUT2D eigenvalue weighted by molar-refractivity contribution is 5.78. The molecule has 2 fully saturated rings. The van der Waals surface area contributed by atoms with E-state index in [4.69, 9.17) is 0 Å². The SMILES string of the molecule is O=c1[nH]c2ccc(NC3CC4CCC3C4)cc2[nH]1. The van der Waals surface area contributed by atoms with Crippen LogP contribution in [0.3, 0.4) is 0 Å². The molecule has 0 amide bonds. The molecular formula is C14H17N3O. The molecule has 2 aromatic rings. The molecule has 1 aromatic carbocycles. The van der Waals surface area contributed by atoms with Gasteiger partial charge in [0.2, 0.25) is 0 Å². The molecular weight excluding hydrogens is 226 g/mol. The van der Waals surface area contributed by atoms with E-state index in [9.17, 15) is 4.79 Å². The summed E-state index contributed by atoms with van der Waals surface area (Å²) >= 11 is 0. The number of hydrogen-bond acceptors (Lipinski definition) is 2. The Hall–Kier alpha value is -1.71. The van der Waals surface area contributed by atoms with Crippen LogP contribution in [0.4, 0.5) is 5.69 Å². The lowest BCUT2D eigenvalue weighted by molar-refractivity contribution is 0.440. The molecule has 2 aliphatic carbocycles. The third-order valence-corrected chi connectivity index (χ3v) is 4.61. The molecule has 4 heteroatoms. The van der Waals surface area contributed by atoms with Gasteiger partial charge in [-0.15, -0.1) is 0 Å². The summed E-state index contributed by atoms with van der Waals surface area (Å²) in [5.41, 5.74) is 2.74. The van der Waals surface area contributed by atoms with E-state index in [1.165, 1.54) is 25.7 Å². The molecule has 4 rings (SSSR count). The second-order valence-corrected chi connectivity index (χ2v) is 5.77. The second-order valence-electron chi connectivity index (χ2n) is 5.77. The van der Waals surface area contributed by atoms with Crippen LogP contribution < -0.4 is 11.0 Å². The van der Waals surface area contributed by atoms with Crippen LogP contribution in [0.5, 0.6) is 0 Å². The number of imidazole rings is 1. The smallest absolute Gasteiger partial charge is 0.323 e. The number of nitrogens with one attached hydrogen (secondary N) is 3. The zero-order chi connectivity index (χ0) is 12.1. The molecule has 4 nitrogen and oxygen atoms in total. The number of anilines is 1. The van der Waals surface area contributed by atoms with Gasteiger partial charge in [0.25, 0.3) is 0 Å². The zero-order valence-corrected chi connectivity index (χ0v) is 10.2. The lowest BCUT2D eigenvalue weighted by Gasteiger charge is -2.24. The van der Waals surface area contributed by atoms with Crippen LogP contribution in [-0.2, 0) is 0 Å². The summed E-state index contributed by atoms with van der Waals surface area (Å²) < 4.78 is 0. The van der Waals surface area contributed by atoms with E-state index in [0.29, 0.717) is 6.04 Å².